The van der Waals surface area contributed by atoms with Gasteiger partial charge in [0.1, 0.15) is 17.5 Å². The predicted molar refractivity (Wildman–Crippen MR) is 99.9 cm³/mol. The molecule has 136 valence electrons. The Morgan fingerprint density at radius 3 is 2.93 bits per heavy atom. The van der Waals surface area contributed by atoms with Crippen LogP contribution in [0.25, 0.3) is 22.4 Å². The van der Waals surface area contributed by atoms with Crippen molar-refractivity contribution in [1.82, 2.24) is 39.9 Å². The average molecular weight is 361 g/mol. The molecule has 1 saturated heterocycles. The summed E-state index contributed by atoms with van der Waals surface area (Å²) in [4.78, 5) is 22.5. The van der Waals surface area contributed by atoms with Crippen LogP contribution >= 0.6 is 0 Å². The Morgan fingerprint density at radius 2 is 2.07 bits per heavy atom. The fraction of sp³-hybridized carbons (Fsp3) is 0.333. The maximum absolute atomic E-state index is 4.46. The van der Waals surface area contributed by atoms with Crippen molar-refractivity contribution in [3.8, 4) is 11.3 Å². The van der Waals surface area contributed by atoms with Gasteiger partial charge in [-0.05, 0) is 30.9 Å². The van der Waals surface area contributed by atoms with E-state index in [1.165, 1.54) is 0 Å². The van der Waals surface area contributed by atoms with Crippen molar-refractivity contribution < 1.29 is 0 Å². The van der Waals surface area contributed by atoms with Crippen molar-refractivity contribution in [2.45, 2.75) is 19.4 Å². The second-order valence-electron chi connectivity index (χ2n) is 6.80. The molecule has 1 N–H and O–H groups in total. The third kappa shape index (κ3) is 3.12. The molecule has 0 aromatic carbocycles. The normalized spacial score (nSPS) is 15.5. The van der Waals surface area contributed by atoms with E-state index in [0.29, 0.717) is 11.6 Å². The van der Waals surface area contributed by atoms with Crippen molar-refractivity contribution in [2.75, 3.05) is 18.0 Å². The van der Waals surface area contributed by atoms with Crippen LogP contribution in [0.3, 0.4) is 0 Å². The van der Waals surface area contributed by atoms with E-state index in [0.717, 1.165) is 55.1 Å². The first-order valence-electron chi connectivity index (χ1n) is 9.06. The molecule has 0 radical (unpaired) electrons. The number of pyridine rings is 1. The second kappa shape index (κ2) is 6.75. The molecule has 1 fully saturated rings. The van der Waals surface area contributed by atoms with Crippen molar-refractivity contribution in [3.05, 3.63) is 43.4 Å². The number of nitrogens with zero attached hydrogens (tertiary/aromatic N) is 8. The van der Waals surface area contributed by atoms with Gasteiger partial charge in [-0.2, -0.15) is 0 Å². The summed E-state index contributed by atoms with van der Waals surface area (Å²) in [5, 5.41) is 8.57. The zero-order chi connectivity index (χ0) is 18.1. The van der Waals surface area contributed by atoms with Gasteiger partial charge in [0, 0.05) is 37.6 Å². The standard InChI is InChI=1S/C18H19N9/c1-2-14(8-19-5-1)15-10-27(25-24-15)9-13-3-6-26(7-4-13)18-16-17(21-11-20-16)22-12-23-18/h1-2,5,8,10-13H,3-4,6-7,9H2,(H,20,21,22,23). The van der Waals surface area contributed by atoms with Crippen molar-refractivity contribution >= 4 is 17.0 Å². The fourth-order valence-electron chi connectivity index (χ4n) is 3.62. The van der Waals surface area contributed by atoms with E-state index >= 15 is 0 Å². The van der Waals surface area contributed by atoms with Crippen LogP contribution in [-0.4, -0.2) is 53.0 Å². The maximum atomic E-state index is 4.46. The molecule has 0 bridgehead atoms. The van der Waals surface area contributed by atoms with Gasteiger partial charge in [-0.1, -0.05) is 5.21 Å². The average Bonchev–Trinajstić information content (AvgIpc) is 3.38. The zero-order valence-electron chi connectivity index (χ0n) is 14.7. The highest BCUT2D eigenvalue weighted by molar-refractivity contribution is 5.82. The summed E-state index contributed by atoms with van der Waals surface area (Å²) in [5.74, 6) is 1.51. The summed E-state index contributed by atoms with van der Waals surface area (Å²) < 4.78 is 1.94. The molecule has 0 aliphatic carbocycles. The number of nitrogens with one attached hydrogen (secondary N) is 1. The van der Waals surface area contributed by atoms with Crippen LogP contribution < -0.4 is 4.90 Å². The lowest BCUT2D eigenvalue weighted by Gasteiger charge is -2.32. The molecule has 5 rings (SSSR count). The number of hydrogen-bond donors (Lipinski definition) is 1. The van der Waals surface area contributed by atoms with Gasteiger partial charge in [0.15, 0.2) is 11.5 Å². The molecular formula is C18H19N9. The van der Waals surface area contributed by atoms with Crippen LogP contribution in [0.2, 0.25) is 0 Å². The highest BCUT2D eigenvalue weighted by Crippen LogP contribution is 2.26. The van der Waals surface area contributed by atoms with Crippen molar-refractivity contribution in [3.63, 3.8) is 0 Å². The Labute approximate surface area is 155 Å². The topological polar surface area (TPSA) is 101 Å². The smallest absolute Gasteiger partial charge is 0.182 e. The van der Waals surface area contributed by atoms with E-state index < -0.39 is 0 Å². The van der Waals surface area contributed by atoms with E-state index in [1.807, 2.05) is 29.2 Å². The molecule has 0 spiro atoms. The first kappa shape index (κ1) is 15.9. The summed E-state index contributed by atoms with van der Waals surface area (Å²) in [7, 11) is 0. The van der Waals surface area contributed by atoms with Crippen LogP contribution in [0.1, 0.15) is 12.8 Å². The molecule has 4 aromatic heterocycles. The van der Waals surface area contributed by atoms with Gasteiger partial charge in [-0.3, -0.25) is 9.67 Å². The predicted octanol–water partition coefficient (Wildman–Crippen LogP) is 1.92. The summed E-state index contributed by atoms with van der Waals surface area (Å²) in [6.07, 6.45) is 11.0. The second-order valence-corrected chi connectivity index (χ2v) is 6.80. The quantitative estimate of drug-likeness (QED) is 0.592. The minimum Gasteiger partial charge on any atom is -0.355 e. The molecule has 5 heterocycles. The third-order valence-corrected chi connectivity index (χ3v) is 5.06. The number of aromatic amines is 1. The van der Waals surface area contributed by atoms with Gasteiger partial charge in [0.05, 0.1) is 12.5 Å². The summed E-state index contributed by atoms with van der Waals surface area (Å²) in [6, 6.07) is 3.91. The maximum Gasteiger partial charge on any atom is 0.182 e. The Balaban J connectivity index is 1.24. The van der Waals surface area contributed by atoms with Gasteiger partial charge in [-0.25, -0.2) is 15.0 Å². The molecule has 0 atom stereocenters. The lowest BCUT2D eigenvalue weighted by molar-refractivity contribution is 0.338. The van der Waals surface area contributed by atoms with Crippen molar-refractivity contribution in [1.29, 1.82) is 0 Å². The fourth-order valence-corrected chi connectivity index (χ4v) is 3.62. The number of anilines is 1. The SMILES string of the molecule is c1cncc(-c2cn(CC3CCN(c4ncnc5nc[nH]c45)CC3)nn2)c1. The number of fused-ring (bicyclic) bond motifs is 1. The van der Waals surface area contributed by atoms with Crippen LogP contribution in [0.15, 0.2) is 43.4 Å². The largest absolute Gasteiger partial charge is 0.355 e. The van der Waals surface area contributed by atoms with Crippen LogP contribution in [-0.2, 0) is 6.54 Å². The number of H-pyrrole nitrogens is 1. The molecule has 9 heteroatoms. The minimum absolute atomic E-state index is 0.573. The minimum atomic E-state index is 0.573. The van der Waals surface area contributed by atoms with Crippen LogP contribution in [0, 0.1) is 5.92 Å². The molecule has 0 unspecified atom stereocenters. The Kier molecular flexibility index (Phi) is 3.96. The number of aromatic nitrogens is 8. The molecule has 0 saturated carbocycles. The van der Waals surface area contributed by atoms with Gasteiger partial charge in [0.25, 0.3) is 0 Å². The van der Waals surface area contributed by atoms with Crippen LogP contribution in [0.4, 0.5) is 5.82 Å². The molecule has 9 nitrogen and oxygen atoms in total. The van der Waals surface area contributed by atoms with E-state index in [1.54, 1.807) is 18.9 Å². The molecule has 4 aromatic rings. The number of piperidine rings is 1. The Morgan fingerprint density at radius 1 is 1.15 bits per heavy atom. The Hall–Kier alpha value is -3.36. The van der Waals surface area contributed by atoms with E-state index in [2.05, 4.69) is 40.1 Å². The molecule has 1 aliphatic rings. The monoisotopic (exact) mass is 361 g/mol. The molecule has 1 aliphatic heterocycles. The van der Waals surface area contributed by atoms with E-state index in [-0.39, 0.29) is 0 Å². The van der Waals surface area contributed by atoms with E-state index in [4.69, 9.17) is 0 Å². The van der Waals surface area contributed by atoms with Gasteiger partial charge in [0.2, 0.25) is 0 Å². The first-order chi connectivity index (χ1) is 13.4. The zero-order valence-corrected chi connectivity index (χ0v) is 14.7. The highest BCUT2D eigenvalue weighted by Gasteiger charge is 2.23. The van der Waals surface area contributed by atoms with Gasteiger partial charge < -0.3 is 9.88 Å². The van der Waals surface area contributed by atoms with Gasteiger partial charge >= 0.3 is 0 Å². The molecular weight excluding hydrogens is 342 g/mol. The first-order valence-corrected chi connectivity index (χ1v) is 9.06. The summed E-state index contributed by atoms with van der Waals surface area (Å²) in [6.45, 7) is 2.80. The molecule has 0 amide bonds. The van der Waals surface area contributed by atoms with Crippen LogP contribution in [0.5, 0.6) is 0 Å². The van der Waals surface area contributed by atoms with Crippen molar-refractivity contribution in [2.24, 2.45) is 5.92 Å². The number of hydrogen-bond acceptors (Lipinski definition) is 7. The van der Waals surface area contributed by atoms with E-state index in [9.17, 15) is 0 Å². The summed E-state index contributed by atoms with van der Waals surface area (Å²) in [5.41, 5.74) is 3.48. The Bertz CT molecular complexity index is 1030. The molecule has 27 heavy (non-hydrogen) atoms. The highest BCUT2D eigenvalue weighted by atomic mass is 15.4. The number of imidazole rings is 1. The number of rotatable bonds is 4. The third-order valence-electron chi connectivity index (χ3n) is 5.06. The lowest BCUT2D eigenvalue weighted by Crippen LogP contribution is -2.35. The van der Waals surface area contributed by atoms with Gasteiger partial charge in [-0.15, -0.1) is 5.10 Å². The lowest BCUT2D eigenvalue weighted by atomic mass is 9.97. The summed E-state index contributed by atoms with van der Waals surface area (Å²) >= 11 is 0.